The van der Waals surface area contributed by atoms with Crippen LogP contribution in [-0.2, 0) is 17.9 Å². The summed E-state index contributed by atoms with van der Waals surface area (Å²) in [5.74, 6) is -0.194. The van der Waals surface area contributed by atoms with Gasteiger partial charge in [0.15, 0.2) is 0 Å². The van der Waals surface area contributed by atoms with Gasteiger partial charge in [-0.05, 0) is 29.8 Å². The third-order valence-corrected chi connectivity index (χ3v) is 6.29. The van der Waals surface area contributed by atoms with E-state index in [-0.39, 0.29) is 0 Å². The third-order valence-electron chi connectivity index (χ3n) is 5.21. The lowest BCUT2D eigenvalue weighted by atomic mass is 10.2. The Balaban J connectivity index is 1.30. The number of pyridine rings is 1. The van der Waals surface area contributed by atoms with Gasteiger partial charge in [-0.2, -0.15) is 0 Å². The van der Waals surface area contributed by atoms with Crippen molar-refractivity contribution in [2.45, 2.75) is 13.1 Å². The van der Waals surface area contributed by atoms with Crippen LogP contribution in [0.5, 0.6) is 0 Å². The zero-order valence-corrected chi connectivity index (χ0v) is 18.7. The van der Waals surface area contributed by atoms with Crippen LogP contribution in [0.4, 0.5) is 5.82 Å². The number of nitrogens with zero attached hydrogens (tertiary/aromatic N) is 4. The molecule has 0 atom stereocenters. The average molecular weight is 470 g/mol. The Kier molecular flexibility index (Phi) is 5.84. The van der Waals surface area contributed by atoms with Gasteiger partial charge in [-0.25, -0.2) is 14.8 Å². The van der Waals surface area contributed by atoms with E-state index >= 15 is 0 Å². The van der Waals surface area contributed by atoms with Crippen LogP contribution in [-0.4, -0.2) is 25.0 Å². The minimum Gasteiger partial charge on any atom is -0.309 e. The fraction of sp³-hybridized carbons (Fsp3) is 0.0800. The summed E-state index contributed by atoms with van der Waals surface area (Å²) in [7, 11) is 0. The Morgan fingerprint density at radius 3 is 2.50 bits per heavy atom. The molecule has 3 heterocycles. The molecule has 0 aliphatic rings. The smallest absolute Gasteiger partial charge is 0.309 e. The average Bonchev–Trinajstić information content (AvgIpc) is 3.29. The van der Waals surface area contributed by atoms with Gasteiger partial charge in [0.05, 0.1) is 16.8 Å². The van der Waals surface area contributed by atoms with Gasteiger partial charge in [0.1, 0.15) is 17.4 Å². The lowest BCUT2D eigenvalue weighted by Gasteiger charge is -2.10. The molecule has 0 aliphatic carbocycles. The van der Waals surface area contributed by atoms with Crippen molar-refractivity contribution in [3.8, 4) is 10.6 Å². The summed E-state index contributed by atoms with van der Waals surface area (Å²) in [5, 5.41) is 3.48. The Labute approximate surface area is 197 Å². The SMILES string of the molecule is O=C(Cn1c(=O)ccn(Cc2ccccc2)c1=O)Nc1ccc(-c2nc3ccccc3s2)cn1. The van der Waals surface area contributed by atoms with Crippen molar-refractivity contribution >= 4 is 33.3 Å². The maximum absolute atomic E-state index is 12.8. The predicted molar refractivity (Wildman–Crippen MR) is 132 cm³/mol. The summed E-state index contributed by atoms with van der Waals surface area (Å²) in [6.07, 6.45) is 3.07. The number of amides is 1. The molecular formula is C25H19N5O3S. The fourth-order valence-corrected chi connectivity index (χ4v) is 4.47. The van der Waals surface area contributed by atoms with Crippen molar-refractivity contribution in [1.29, 1.82) is 0 Å². The number of anilines is 1. The molecule has 34 heavy (non-hydrogen) atoms. The number of hydrogen-bond donors (Lipinski definition) is 1. The van der Waals surface area contributed by atoms with Gasteiger partial charge in [0, 0.05) is 24.0 Å². The maximum atomic E-state index is 12.8. The van der Waals surface area contributed by atoms with Crippen LogP contribution in [0.25, 0.3) is 20.8 Å². The number of rotatable bonds is 6. The first-order valence-electron chi connectivity index (χ1n) is 10.5. The number of nitrogens with one attached hydrogen (secondary N) is 1. The number of hydrogen-bond acceptors (Lipinski definition) is 6. The van der Waals surface area contributed by atoms with Crippen LogP contribution in [0.2, 0.25) is 0 Å². The Bertz CT molecular complexity index is 1550. The van der Waals surface area contributed by atoms with E-state index < -0.39 is 23.7 Å². The number of para-hydroxylation sites is 1. The zero-order chi connectivity index (χ0) is 23.5. The number of thiazole rings is 1. The Hall–Kier alpha value is -4.37. The van der Waals surface area contributed by atoms with Crippen molar-refractivity contribution in [3.63, 3.8) is 0 Å². The highest BCUT2D eigenvalue weighted by Gasteiger charge is 2.12. The molecule has 0 saturated heterocycles. The van der Waals surface area contributed by atoms with Gasteiger partial charge < -0.3 is 5.32 Å². The van der Waals surface area contributed by atoms with E-state index in [0.717, 1.165) is 30.9 Å². The van der Waals surface area contributed by atoms with Gasteiger partial charge in [0.25, 0.3) is 5.56 Å². The van der Waals surface area contributed by atoms with Gasteiger partial charge in [0.2, 0.25) is 5.91 Å². The number of benzene rings is 2. The van der Waals surface area contributed by atoms with Crippen LogP contribution < -0.4 is 16.6 Å². The summed E-state index contributed by atoms with van der Waals surface area (Å²) in [4.78, 5) is 46.5. The molecule has 5 rings (SSSR count). The molecule has 0 unspecified atom stereocenters. The van der Waals surface area contributed by atoms with Crippen LogP contribution in [0.1, 0.15) is 5.56 Å². The molecule has 0 aliphatic heterocycles. The van der Waals surface area contributed by atoms with Crippen molar-refractivity contribution in [2.75, 3.05) is 5.32 Å². The summed E-state index contributed by atoms with van der Waals surface area (Å²) >= 11 is 1.56. The summed E-state index contributed by atoms with van der Waals surface area (Å²) < 4.78 is 3.39. The van der Waals surface area contributed by atoms with E-state index in [1.54, 1.807) is 23.6 Å². The molecule has 9 heteroatoms. The van der Waals surface area contributed by atoms with Crippen LogP contribution in [0.15, 0.2) is 94.8 Å². The van der Waals surface area contributed by atoms with Gasteiger partial charge >= 0.3 is 5.69 Å². The van der Waals surface area contributed by atoms with Crippen LogP contribution in [0.3, 0.4) is 0 Å². The molecule has 1 N–H and O–H groups in total. The first-order valence-corrected chi connectivity index (χ1v) is 11.3. The quantitative estimate of drug-likeness (QED) is 0.411. The van der Waals surface area contributed by atoms with Gasteiger partial charge in [-0.15, -0.1) is 11.3 Å². The van der Waals surface area contributed by atoms with Crippen LogP contribution >= 0.6 is 11.3 Å². The molecule has 8 nitrogen and oxygen atoms in total. The highest BCUT2D eigenvalue weighted by Crippen LogP contribution is 2.29. The third kappa shape index (κ3) is 4.55. The molecule has 168 valence electrons. The monoisotopic (exact) mass is 469 g/mol. The number of aromatic nitrogens is 4. The molecule has 0 spiro atoms. The predicted octanol–water partition coefficient (Wildman–Crippen LogP) is 3.37. The number of carbonyl (C=O) groups is 1. The summed E-state index contributed by atoms with van der Waals surface area (Å²) in [5.41, 5.74) is 1.58. The molecule has 0 fully saturated rings. The first-order chi connectivity index (χ1) is 16.6. The fourth-order valence-electron chi connectivity index (χ4n) is 3.52. The van der Waals surface area contributed by atoms with Gasteiger partial charge in [-0.3, -0.25) is 18.7 Å². The molecule has 1 amide bonds. The Morgan fingerprint density at radius 1 is 0.941 bits per heavy atom. The molecular weight excluding hydrogens is 450 g/mol. The van der Waals surface area contributed by atoms with E-state index in [2.05, 4.69) is 15.3 Å². The second-order valence-electron chi connectivity index (χ2n) is 7.60. The molecule has 0 bridgehead atoms. The van der Waals surface area contributed by atoms with Crippen molar-refractivity contribution in [2.24, 2.45) is 0 Å². The lowest BCUT2D eigenvalue weighted by molar-refractivity contribution is -0.116. The summed E-state index contributed by atoms with van der Waals surface area (Å²) in [6.45, 7) is -0.106. The van der Waals surface area contributed by atoms with E-state index in [1.165, 1.54) is 16.8 Å². The Morgan fingerprint density at radius 2 is 1.74 bits per heavy atom. The number of fused-ring (bicyclic) bond motifs is 1. The largest absolute Gasteiger partial charge is 0.331 e. The van der Waals surface area contributed by atoms with E-state index in [4.69, 9.17) is 0 Å². The molecule has 3 aromatic heterocycles. The van der Waals surface area contributed by atoms with Gasteiger partial charge in [-0.1, -0.05) is 42.5 Å². The van der Waals surface area contributed by atoms with Crippen molar-refractivity contribution in [3.05, 3.63) is 112 Å². The molecule has 0 saturated carbocycles. The molecule has 2 aromatic carbocycles. The molecule has 5 aromatic rings. The minimum atomic E-state index is -0.550. The number of carbonyl (C=O) groups excluding carboxylic acids is 1. The highest BCUT2D eigenvalue weighted by atomic mass is 32.1. The normalized spacial score (nSPS) is 10.9. The molecule has 0 radical (unpaired) electrons. The minimum absolute atomic E-state index is 0.302. The van der Waals surface area contributed by atoms with Crippen molar-refractivity contribution in [1.82, 2.24) is 19.1 Å². The first kappa shape index (κ1) is 21.5. The van der Waals surface area contributed by atoms with Crippen molar-refractivity contribution < 1.29 is 4.79 Å². The summed E-state index contributed by atoms with van der Waals surface area (Å²) in [6, 6.07) is 22.1. The van der Waals surface area contributed by atoms with E-state index in [1.807, 2.05) is 60.7 Å². The van der Waals surface area contributed by atoms with E-state index in [9.17, 15) is 14.4 Å². The maximum Gasteiger partial charge on any atom is 0.331 e. The second kappa shape index (κ2) is 9.24. The standard InChI is InChI=1S/C25H19N5O3S/c31-22(16-30-23(32)12-13-29(25(30)33)15-17-6-2-1-3-7-17)28-21-11-10-18(14-26-21)24-27-19-8-4-5-9-20(19)34-24/h1-14H,15-16H2,(H,26,28,31). The van der Waals surface area contributed by atoms with E-state index in [0.29, 0.717) is 12.4 Å². The lowest BCUT2D eigenvalue weighted by Crippen LogP contribution is -2.41. The topological polar surface area (TPSA) is 98.9 Å². The highest BCUT2D eigenvalue weighted by molar-refractivity contribution is 7.21. The van der Waals surface area contributed by atoms with Crippen LogP contribution in [0, 0.1) is 0 Å². The zero-order valence-electron chi connectivity index (χ0n) is 17.9. The second-order valence-corrected chi connectivity index (χ2v) is 8.63.